The zero-order chi connectivity index (χ0) is 30.6. The van der Waals surface area contributed by atoms with E-state index in [-0.39, 0.29) is 25.2 Å². The lowest BCUT2D eigenvalue weighted by Crippen LogP contribution is -2.56. The summed E-state index contributed by atoms with van der Waals surface area (Å²) >= 11 is 0. The Morgan fingerprint density at radius 2 is 1.59 bits per heavy atom. The van der Waals surface area contributed by atoms with Gasteiger partial charge in [0.25, 0.3) is 0 Å². The van der Waals surface area contributed by atoms with Crippen LogP contribution in [0.15, 0.2) is 30.3 Å². The molecule has 1 aromatic rings. The summed E-state index contributed by atoms with van der Waals surface area (Å²) in [5.74, 6) is 2.43. The molecule has 9 heteroatoms. The molecular weight excluding hydrogens is 540 g/mol. The summed E-state index contributed by atoms with van der Waals surface area (Å²) in [5.41, 5.74) is 0.785. The van der Waals surface area contributed by atoms with Crippen LogP contribution in [0, 0.1) is 36.5 Å². The molecule has 5 atom stereocenters. The van der Waals surface area contributed by atoms with Crippen molar-refractivity contribution in [3.8, 4) is 24.7 Å². The van der Waals surface area contributed by atoms with Gasteiger partial charge in [-0.1, -0.05) is 62.4 Å². The molecule has 4 N–H and O–H groups in total. The van der Waals surface area contributed by atoms with Crippen LogP contribution in [-0.4, -0.2) is 65.2 Å². The predicted molar refractivity (Wildman–Crippen MR) is 161 cm³/mol. The third-order valence-electron chi connectivity index (χ3n) is 7.78. The Morgan fingerprint density at radius 1 is 0.976 bits per heavy atom. The number of rotatable bonds is 14. The average Bonchev–Trinajstić information content (AvgIpc) is 2.92. The number of aliphatic hydroxyl groups excluding tert-OH is 2. The van der Waals surface area contributed by atoms with Crippen LogP contribution in [-0.2, 0) is 25.8 Å². The van der Waals surface area contributed by atoms with Gasteiger partial charge in [0.1, 0.15) is 12.1 Å². The molecule has 226 valence electrons. The Bertz CT molecular complexity index is 1170. The number of hydrogen-bond donors (Lipinski definition) is 4. The standard InChI is InChI=1S/C32H46N2O6S/c1-6-14-26(31(38)34-27(29(36)28(35)15-7-2)21-24-18-12-9-13-19-24)33-30(37)25(20-23-16-10-8-11-17-23)22-41(39,40)32(3,4)5/h1-2,8,10-11,16-17,24-29,35-36H,9,12-15,18-22H2,3-5H3,(H,33,37)(H,34,38)/t25-,26+,27-,28+,29-/m1/s1. The van der Waals surface area contributed by atoms with Gasteiger partial charge in [0.15, 0.2) is 9.84 Å². The molecule has 1 fully saturated rings. The lowest BCUT2D eigenvalue weighted by molar-refractivity contribution is -0.132. The number of benzene rings is 1. The van der Waals surface area contributed by atoms with Crippen molar-refractivity contribution in [2.75, 3.05) is 5.75 Å². The number of sulfone groups is 1. The second-order valence-corrected chi connectivity index (χ2v) is 14.9. The summed E-state index contributed by atoms with van der Waals surface area (Å²) in [7, 11) is -3.67. The molecule has 0 aliphatic heterocycles. The Balaban J connectivity index is 2.26. The van der Waals surface area contributed by atoms with Crippen molar-refractivity contribution in [2.45, 2.75) is 108 Å². The smallest absolute Gasteiger partial charge is 0.243 e. The first-order valence-electron chi connectivity index (χ1n) is 14.4. The van der Waals surface area contributed by atoms with Crippen molar-refractivity contribution < 1.29 is 28.2 Å². The minimum absolute atomic E-state index is 0.0772. The van der Waals surface area contributed by atoms with Crippen molar-refractivity contribution in [1.29, 1.82) is 0 Å². The lowest BCUT2D eigenvalue weighted by atomic mass is 9.82. The molecule has 2 amide bonds. The number of terminal acetylenes is 2. The zero-order valence-corrected chi connectivity index (χ0v) is 25.3. The highest BCUT2D eigenvalue weighted by Crippen LogP contribution is 2.29. The van der Waals surface area contributed by atoms with Gasteiger partial charge in [-0.15, -0.1) is 24.7 Å². The van der Waals surface area contributed by atoms with E-state index in [1.54, 1.807) is 20.8 Å². The molecular formula is C32H46N2O6S. The Kier molecular flexibility index (Phi) is 13.4. The van der Waals surface area contributed by atoms with E-state index in [0.29, 0.717) is 6.42 Å². The van der Waals surface area contributed by atoms with Crippen LogP contribution in [0.3, 0.4) is 0 Å². The molecule has 0 spiro atoms. The summed E-state index contributed by atoms with van der Waals surface area (Å²) < 4.78 is 25.1. The molecule has 1 saturated carbocycles. The summed E-state index contributed by atoms with van der Waals surface area (Å²) in [5, 5.41) is 26.8. The van der Waals surface area contributed by atoms with Crippen LogP contribution in [0.5, 0.6) is 0 Å². The van der Waals surface area contributed by atoms with Crippen LogP contribution in [0.2, 0.25) is 0 Å². The van der Waals surface area contributed by atoms with Gasteiger partial charge in [-0.05, 0) is 45.1 Å². The molecule has 8 nitrogen and oxygen atoms in total. The van der Waals surface area contributed by atoms with Gasteiger partial charge in [0, 0.05) is 12.8 Å². The van der Waals surface area contributed by atoms with Gasteiger partial charge in [0.2, 0.25) is 11.8 Å². The topological polar surface area (TPSA) is 133 Å². The quantitative estimate of drug-likeness (QED) is 0.248. The Hall–Kier alpha value is -2.85. The van der Waals surface area contributed by atoms with Crippen molar-refractivity contribution in [3.05, 3.63) is 35.9 Å². The fourth-order valence-electron chi connectivity index (χ4n) is 5.12. The summed E-state index contributed by atoms with van der Waals surface area (Å²) in [6.45, 7) is 4.75. The first-order chi connectivity index (χ1) is 19.3. The van der Waals surface area contributed by atoms with Gasteiger partial charge < -0.3 is 20.8 Å². The molecule has 0 heterocycles. The molecule has 0 aromatic heterocycles. The highest BCUT2D eigenvalue weighted by Gasteiger charge is 2.37. The highest BCUT2D eigenvalue weighted by molar-refractivity contribution is 7.92. The minimum Gasteiger partial charge on any atom is -0.389 e. The van der Waals surface area contributed by atoms with Crippen molar-refractivity contribution in [1.82, 2.24) is 10.6 Å². The van der Waals surface area contributed by atoms with Crippen molar-refractivity contribution >= 4 is 21.7 Å². The molecule has 1 aromatic carbocycles. The van der Waals surface area contributed by atoms with Gasteiger partial charge in [0.05, 0.1) is 28.6 Å². The predicted octanol–water partition coefficient (Wildman–Crippen LogP) is 2.77. The van der Waals surface area contributed by atoms with Gasteiger partial charge in [-0.3, -0.25) is 9.59 Å². The molecule has 41 heavy (non-hydrogen) atoms. The van der Waals surface area contributed by atoms with E-state index in [1.165, 1.54) is 0 Å². The molecule has 0 saturated heterocycles. The van der Waals surface area contributed by atoms with Crippen LogP contribution in [0.4, 0.5) is 0 Å². The average molecular weight is 587 g/mol. The normalized spacial score (nSPS) is 18.1. The number of carbonyl (C=O) groups is 2. The highest BCUT2D eigenvalue weighted by atomic mass is 32.2. The van der Waals surface area contributed by atoms with E-state index in [9.17, 15) is 28.2 Å². The Morgan fingerprint density at radius 3 is 2.15 bits per heavy atom. The van der Waals surface area contributed by atoms with E-state index < -0.39 is 62.4 Å². The Labute approximate surface area is 246 Å². The molecule has 1 aliphatic carbocycles. The number of carbonyl (C=O) groups excluding carboxylic acids is 2. The largest absolute Gasteiger partial charge is 0.389 e. The third-order valence-corrected chi connectivity index (χ3v) is 10.5. The summed E-state index contributed by atoms with van der Waals surface area (Å²) in [6, 6.07) is 7.12. The monoisotopic (exact) mass is 586 g/mol. The number of nitrogens with one attached hydrogen (secondary N) is 2. The SMILES string of the molecule is C#CC[C@H](NC(=O)[C@H](Cc1ccccc1)CS(=O)(=O)C(C)(C)C)C(=O)N[C@H](CC1CCCCC1)[C@@H](O)[C@@H](O)CC#C. The van der Waals surface area contributed by atoms with Crippen molar-refractivity contribution in [3.63, 3.8) is 0 Å². The van der Waals surface area contributed by atoms with Gasteiger partial charge in [-0.25, -0.2) is 8.42 Å². The summed E-state index contributed by atoms with van der Waals surface area (Å²) in [4.78, 5) is 27.0. The van der Waals surface area contributed by atoms with Crippen molar-refractivity contribution in [2.24, 2.45) is 11.8 Å². The minimum atomic E-state index is -3.67. The second-order valence-electron chi connectivity index (χ2n) is 12.1. The van der Waals surface area contributed by atoms with Gasteiger partial charge in [-0.2, -0.15) is 0 Å². The fourth-order valence-corrected chi connectivity index (χ4v) is 6.42. The fraction of sp³-hybridized carbons (Fsp3) is 0.625. The maximum Gasteiger partial charge on any atom is 0.243 e. The van der Waals surface area contributed by atoms with Crippen LogP contribution >= 0.6 is 0 Å². The maximum absolute atomic E-state index is 13.5. The van der Waals surface area contributed by atoms with E-state index >= 15 is 0 Å². The molecule has 0 radical (unpaired) electrons. The van der Waals surface area contributed by atoms with E-state index in [1.807, 2.05) is 30.3 Å². The molecule has 0 bridgehead atoms. The van der Waals surface area contributed by atoms with Crippen LogP contribution in [0.1, 0.15) is 77.7 Å². The number of amides is 2. The van der Waals surface area contributed by atoms with Gasteiger partial charge >= 0.3 is 0 Å². The number of aliphatic hydroxyl groups is 2. The first-order valence-corrected chi connectivity index (χ1v) is 16.0. The van der Waals surface area contributed by atoms with Crippen LogP contribution in [0.25, 0.3) is 0 Å². The second kappa shape index (κ2) is 16.0. The number of hydrogen-bond acceptors (Lipinski definition) is 6. The maximum atomic E-state index is 13.5. The van der Waals surface area contributed by atoms with Crippen LogP contribution < -0.4 is 10.6 Å². The van der Waals surface area contributed by atoms with E-state index in [2.05, 4.69) is 22.5 Å². The van der Waals surface area contributed by atoms with E-state index in [0.717, 1.165) is 37.7 Å². The summed E-state index contributed by atoms with van der Waals surface area (Å²) in [6.07, 6.45) is 13.9. The van der Waals surface area contributed by atoms with E-state index in [4.69, 9.17) is 12.8 Å². The molecule has 0 unspecified atom stereocenters. The molecule has 1 aliphatic rings. The zero-order valence-electron chi connectivity index (χ0n) is 24.5. The molecule has 2 rings (SSSR count). The lowest BCUT2D eigenvalue weighted by Gasteiger charge is -2.33. The first kappa shape index (κ1) is 34.4. The third kappa shape index (κ3) is 10.8.